The van der Waals surface area contributed by atoms with Gasteiger partial charge in [0.15, 0.2) is 0 Å². The van der Waals surface area contributed by atoms with Crippen LogP contribution in [-0.4, -0.2) is 17.0 Å². The van der Waals surface area contributed by atoms with E-state index < -0.39 is 0 Å². The van der Waals surface area contributed by atoms with E-state index >= 15 is 0 Å². The number of para-hydroxylation sites is 1. The molecule has 0 saturated heterocycles. The van der Waals surface area contributed by atoms with E-state index in [1.165, 1.54) is 0 Å². The molecule has 1 heterocycles. The Bertz CT molecular complexity index is 506. The van der Waals surface area contributed by atoms with Crippen molar-refractivity contribution in [2.24, 2.45) is 0 Å². The second kappa shape index (κ2) is 4.82. The second-order valence-corrected chi connectivity index (χ2v) is 3.82. The summed E-state index contributed by atoms with van der Waals surface area (Å²) in [6.07, 6.45) is 3.25. The Hall–Kier alpha value is -2.10. The van der Waals surface area contributed by atoms with Gasteiger partial charge in [-0.25, -0.2) is 0 Å². The highest BCUT2D eigenvalue weighted by Crippen LogP contribution is 2.27. The van der Waals surface area contributed by atoms with Gasteiger partial charge in [-0.15, -0.1) is 0 Å². The van der Waals surface area contributed by atoms with Gasteiger partial charge in [-0.05, 0) is 25.0 Å². The van der Waals surface area contributed by atoms with Crippen LogP contribution in [0.5, 0.6) is 11.6 Å². The van der Waals surface area contributed by atoms with Crippen LogP contribution < -0.4 is 10.1 Å². The summed E-state index contributed by atoms with van der Waals surface area (Å²) < 4.78 is 5.77. The minimum absolute atomic E-state index is 0.495. The lowest BCUT2D eigenvalue weighted by molar-refractivity contribution is 0.454. The van der Waals surface area contributed by atoms with Gasteiger partial charge in [-0.1, -0.05) is 18.2 Å². The number of ether oxygens (including phenoxy) is 1. The summed E-state index contributed by atoms with van der Waals surface area (Å²) in [4.78, 5) is 8.33. The monoisotopic (exact) mass is 229 g/mol. The number of nitrogens with zero attached hydrogens (tertiary/aromatic N) is 2. The summed E-state index contributed by atoms with van der Waals surface area (Å²) in [7, 11) is 1.80. The lowest BCUT2D eigenvalue weighted by atomic mass is 10.1. The predicted molar refractivity (Wildman–Crippen MR) is 67.6 cm³/mol. The standard InChI is InChI=1S/C13H15N3O/c1-9-5-4-6-10(2)13(9)17-12-8-15-7-11(14-3)16-12/h4-8H,1-3H3,(H,14,16). The van der Waals surface area contributed by atoms with Gasteiger partial charge in [-0.3, -0.25) is 4.98 Å². The van der Waals surface area contributed by atoms with Crippen molar-refractivity contribution in [2.75, 3.05) is 12.4 Å². The molecule has 0 radical (unpaired) electrons. The molecule has 0 aliphatic rings. The molecule has 88 valence electrons. The van der Waals surface area contributed by atoms with Gasteiger partial charge in [0.2, 0.25) is 5.88 Å². The number of hydrogen-bond acceptors (Lipinski definition) is 4. The Kier molecular flexibility index (Phi) is 3.23. The van der Waals surface area contributed by atoms with Crippen molar-refractivity contribution >= 4 is 5.82 Å². The van der Waals surface area contributed by atoms with Gasteiger partial charge in [0, 0.05) is 7.05 Å². The molecule has 1 aromatic heterocycles. The molecule has 0 amide bonds. The number of rotatable bonds is 3. The first-order valence-corrected chi connectivity index (χ1v) is 5.44. The zero-order chi connectivity index (χ0) is 12.3. The predicted octanol–water partition coefficient (Wildman–Crippen LogP) is 2.93. The van der Waals surface area contributed by atoms with Gasteiger partial charge in [-0.2, -0.15) is 4.98 Å². The first-order chi connectivity index (χ1) is 8.20. The minimum atomic E-state index is 0.495. The molecule has 2 aromatic rings. The number of nitrogens with one attached hydrogen (secondary N) is 1. The first-order valence-electron chi connectivity index (χ1n) is 5.44. The van der Waals surface area contributed by atoms with Crippen molar-refractivity contribution in [1.82, 2.24) is 9.97 Å². The molecule has 0 bridgehead atoms. The molecule has 17 heavy (non-hydrogen) atoms. The van der Waals surface area contributed by atoms with E-state index in [0.29, 0.717) is 11.7 Å². The fourth-order valence-corrected chi connectivity index (χ4v) is 1.58. The van der Waals surface area contributed by atoms with Crippen LogP contribution >= 0.6 is 0 Å². The van der Waals surface area contributed by atoms with E-state index in [1.807, 2.05) is 32.0 Å². The molecule has 0 fully saturated rings. The van der Waals surface area contributed by atoms with Crippen molar-refractivity contribution < 1.29 is 4.74 Å². The number of aromatic nitrogens is 2. The van der Waals surface area contributed by atoms with Crippen molar-refractivity contribution in [3.05, 3.63) is 41.7 Å². The van der Waals surface area contributed by atoms with Crippen molar-refractivity contribution in [2.45, 2.75) is 13.8 Å². The van der Waals surface area contributed by atoms with E-state index in [2.05, 4.69) is 15.3 Å². The van der Waals surface area contributed by atoms with E-state index in [-0.39, 0.29) is 0 Å². The average molecular weight is 229 g/mol. The number of benzene rings is 1. The molecule has 4 heteroatoms. The third-order valence-corrected chi connectivity index (χ3v) is 2.48. The third kappa shape index (κ3) is 2.53. The summed E-state index contributed by atoms with van der Waals surface area (Å²) in [6, 6.07) is 6.03. The second-order valence-electron chi connectivity index (χ2n) is 3.82. The van der Waals surface area contributed by atoms with Gasteiger partial charge < -0.3 is 10.1 Å². The minimum Gasteiger partial charge on any atom is -0.437 e. The fourth-order valence-electron chi connectivity index (χ4n) is 1.58. The maximum atomic E-state index is 5.77. The topological polar surface area (TPSA) is 47.0 Å². The number of anilines is 1. The number of aryl methyl sites for hydroxylation is 2. The van der Waals surface area contributed by atoms with Crippen molar-refractivity contribution in [3.63, 3.8) is 0 Å². The zero-order valence-corrected chi connectivity index (χ0v) is 10.2. The van der Waals surface area contributed by atoms with Gasteiger partial charge >= 0.3 is 0 Å². The summed E-state index contributed by atoms with van der Waals surface area (Å²) in [5.74, 6) is 2.03. The van der Waals surface area contributed by atoms with Crippen LogP contribution in [0.1, 0.15) is 11.1 Å². The molecule has 1 aromatic carbocycles. The smallest absolute Gasteiger partial charge is 0.239 e. The van der Waals surface area contributed by atoms with Gasteiger partial charge in [0.1, 0.15) is 11.6 Å². The molecule has 0 spiro atoms. The van der Waals surface area contributed by atoms with Crippen LogP contribution in [0.15, 0.2) is 30.6 Å². The third-order valence-electron chi connectivity index (χ3n) is 2.48. The Morgan fingerprint density at radius 1 is 1.12 bits per heavy atom. The Morgan fingerprint density at radius 3 is 2.47 bits per heavy atom. The summed E-state index contributed by atoms with van der Waals surface area (Å²) in [5, 5.41) is 2.93. The lowest BCUT2D eigenvalue weighted by Crippen LogP contribution is -1.97. The fraction of sp³-hybridized carbons (Fsp3) is 0.231. The molecule has 2 rings (SSSR count). The molecule has 0 aliphatic heterocycles. The summed E-state index contributed by atoms with van der Waals surface area (Å²) in [5.41, 5.74) is 2.17. The van der Waals surface area contributed by atoms with Crippen LogP contribution in [0.2, 0.25) is 0 Å². The number of hydrogen-bond donors (Lipinski definition) is 1. The highest BCUT2D eigenvalue weighted by Gasteiger charge is 2.06. The Morgan fingerprint density at radius 2 is 1.82 bits per heavy atom. The van der Waals surface area contributed by atoms with E-state index in [0.717, 1.165) is 16.9 Å². The lowest BCUT2D eigenvalue weighted by Gasteiger charge is -2.10. The summed E-state index contributed by atoms with van der Waals surface area (Å²) >= 11 is 0. The Labute approximate surface area is 101 Å². The van der Waals surface area contributed by atoms with Crippen LogP contribution in [-0.2, 0) is 0 Å². The Balaban J connectivity index is 2.31. The molecule has 0 aliphatic carbocycles. The maximum Gasteiger partial charge on any atom is 0.239 e. The molecule has 0 atom stereocenters. The normalized spacial score (nSPS) is 10.1. The molecule has 4 nitrogen and oxygen atoms in total. The molecule has 0 unspecified atom stereocenters. The molecule has 1 N–H and O–H groups in total. The van der Waals surface area contributed by atoms with Crippen LogP contribution in [0, 0.1) is 13.8 Å². The van der Waals surface area contributed by atoms with Crippen LogP contribution in [0.4, 0.5) is 5.82 Å². The zero-order valence-electron chi connectivity index (χ0n) is 10.2. The molecular formula is C13H15N3O. The van der Waals surface area contributed by atoms with E-state index in [9.17, 15) is 0 Å². The summed E-state index contributed by atoms with van der Waals surface area (Å²) in [6.45, 7) is 4.02. The maximum absolute atomic E-state index is 5.77. The first kappa shape index (κ1) is 11.4. The van der Waals surface area contributed by atoms with Crippen molar-refractivity contribution in [3.8, 4) is 11.6 Å². The largest absolute Gasteiger partial charge is 0.437 e. The van der Waals surface area contributed by atoms with Gasteiger partial charge in [0.25, 0.3) is 0 Å². The molecular weight excluding hydrogens is 214 g/mol. The highest BCUT2D eigenvalue weighted by molar-refractivity contribution is 5.42. The van der Waals surface area contributed by atoms with Crippen LogP contribution in [0.3, 0.4) is 0 Å². The van der Waals surface area contributed by atoms with E-state index in [4.69, 9.17) is 4.74 Å². The van der Waals surface area contributed by atoms with Crippen LogP contribution in [0.25, 0.3) is 0 Å². The van der Waals surface area contributed by atoms with E-state index in [1.54, 1.807) is 19.4 Å². The highest BCUT2D eigenvalue weighted by atomic mass is 16.5. The van der Waals surface area contributed by atoms with Crippen molar-refractivity contribution in [1.29, 1.82) is 0 Å². The molecule has 0 saturated carbocycles. The quantitative estimate of drug-likeness (QED) is 0.879. The average Bonchev–Trinajstić information content (AvgIpc) is 2.34. The van der Waals surface area contributed by atoms with Gasteiger partial charge in [0.05, 0.1) is 12.4 Å². The SMILES string of the molecule is CNc1cncc(Oc2c(C)cccc2C)n1.